The maximum Gasteiger partial charge on any atom is 0.407 e. The number of piperidine rings is 1. The first kappa shape index (κ1) is 19.3. The number of hydrogen-bond acceptors (Lipinski definition) is 5. The molecule has 0 spiro atoms. The van der Waals surface area contributed by atoms with Gasteiger partial charge in [-0.1, -0.05) is 0 Å². The minimum Gasteiger partial charge on any atom is -0.486 e. The lowest BCUT2D eigenvalue weighted by molar-refractivity contribution is 0.0502. The molecule has 7 nitrogen and oxygen atoms in total. The quantitative estimate of drug-likeness (QED) is 0.878. The molecule has 1 aromatic carbocycles. The maximum atomic E-state index is 12.9. The third-order valence-corrected chi connectivity index (χ3v) is 4.53. The van der Waals surface area contributed by atoms with Crippen molar-refractivity contribution in [2.45, 2.75) is 39.2 Å². The van der Waals surface area contributed by atoms with Crippen LogP contribution in [-0.4, -0.2) is 55.3 Å². The van der Waals surface area contributed by atoms with Crippen LogP contribution in [0.25, 0.3) is 0 Å². The summed E-state index contributed by atoms with van der Waals surface area (Å²) in [6.07, 6.45) is 1.47. The van der Waals surface area contributed by atoms with Gasteiger partial charge in [-0.15, -0.1) is 0 Å². The molecular weight excluding hydrogens is 348 g/mol. The van der Waals surface area contributed by atoms with Gasteiger partial charge < -0.3 is 24.4 Å². The van der Waals surface area contributed by atoms with Crippen molar-refractivity contribution in [1.29, 1.82) is 0 Å². The van der Waals surface area contributed by atoms with E-state index in [1.54, 1.807) is 18.2 Å². The number of carbonyl (C=O) groups excluding carboxylic acids is 2. The fraction of sp³-hybridized carbons (Fsp3) is 0.600. The predicted octanol–water partition coefficient (Wildman–Crippen LogP) is 2.83. The molecule has 1 aromatic rings. The van der Waals surface area contributed by atoms with E-state index in [9.17, 15) is 9.59 Å². The van der Waals surface area contributed by atoms with Gasteiger partial charge in [0.25, 0.3) is 5.91 Å². The zero-order valence-corrected chi connectivity index (χ0v) is 16.2. The average molecular weight is 376 g/mol. The van der Waals surface area contributed by atoms with Gasteiger partial charge in [0.2, 0.25) is 0 Å². The Hall–Kier alpha value is -2.44. The zero-order valence-electron chi connectivity index (χ0n) is 16.2. The topological polar surface area (TPSA) is 77.1 Å². The summed E-state index contributed by atoms with van der Waals surface area (Å²) < 4.78 is 16.3. The molecule has 0 unspecified atom stereocenters. The summed E-state index contributed by atoms with van der Waals surface area (Å²) in [5.74, 6) is 1.49. The maximum absolute atomic E-state index is 12.9. The average Bonchev–Trinajstić information content (AvgIpc) is 2.64. The molecule has 1 N–H and O–H groups in total. The van der Waals surface area contributed by atoms with Gasteiger partial charge >= 0.3 is 6.09 Å². The third-order valence-electron chi connectivity index (χ3n) is 4.53. The number of carbonyl (C=O) groups is 2. The molecule has 1 saturated heterocycles. The number of likely N-dealkylation sites (tertiary alicyclic amines) is 1. The summed E-state index contributed by atoms with van der Waals surface area (Å²) in [4.78, 5) is 26.6. The van der Waals surface area contributed by atoms with Crippen molar-refractivity contribution in [2.24, 2.45) is 5.92 Å². The van der Waals surface area contributed by atoms with Crippen LogP contribution in [0.2, 0.25) is 0 Å². The van der Waals surface area contributed by atoms with Gasteiger partial charge in [0.05, 0.1) is 0 Å². The van der Waals surface area contributed by atoms with Crippen LogP contribution in [0.4, 0.5) is 4.79 Å². The Morgan fingerprint density at radius 2 is 1.96 bits per heavy atom. The third kappa shape index (κ3) is 5.28. The first-order valence-corrected chi connectivity index (χ1v) is 9.47. The van der Waals surface area contributed by atoms with Crippen molar-refractivity contribution < 1.29 is 23.8 Å². The number of rotatable bonds is 3. The summed E-state index contributed by atoms with van der Waals surface area (Å²) in [5, 5.41) is 2.81. The van der Waals surface area contributed by atoms with E-state index in [2.05, 4.69) is 5.32 Å². The van der Waals surface area contributed by atoms with Crippen molar-refractivity contribution in [3.63, 3.8) is 0 Å². The highest BCUT2D eigenvalue weighted by Crippen LogP contribution is 2.31. The van der Waals surface area contributed by atoms with E-state index in [1.807, 2.05) is 25.7 Å². The summed E-state index contributed by atoms with van der Waals surface area (Å²) >= 11 is 0. The van der Waals surface area contributed by atoms with Crippen molar-refractivity contribution >= 4 is 12.0 Å². The molecule has 2 amide bonds. The molecule has 1 atom stereocenters. The SMILES string of the molecule is CC(C)(C)OC(=O)NC[C@@H]1CCCN(C(=O)c2ccc3c(c2)OCCO3)C1. The number of amides is 2. The predicted molar refractivity (Wildman–Crippen MR) is 100 cm³/mol. The van der Waals surface area contributed by atoms with Gasteiger partial charge in [0.15, 0.2) is 11.5 Å². The van der Waals surface area contributed by atoms with E-state index in [0.717, 1.165) is 19.4 Å². The second-order valence-electron chi connectivity index (χ2n) is 8.00. The van der Waals surface area contributed by atoms with Crippen LogP contribution in [0.3, 0.4) is 0 Å². The number of nitrogens with one attached hydrogen (secondary N) is 1. The lowest BCUT2D eigenvalue weighted by atomic mass is 9.97. The monoisotopic (exact) mass is 376 g/mol. The Balaban J connectivity index is 1.56. The molecule has 2 aliphatic rings. The van der Waals surface area contributed by atoms with Crippen molar-refractivity contribution in [3.8, 4) is 11.5 Å². The summed E-state index contributed by atoms with van der Waals surface area (Å²) in [6, 6.07) is 5.31. The van der Waals surface area contributed by atoms with Gasteiger partial charge in [-0.3, -0.25) is 4.79 Å². The fourth-order valence-electron chi connectivity index (χ4n) is 3.32. The largest absolute Gasteiger partial charge is 0.486 e. The van der Waals surface area contributed by atoms with Crippen molar-refractivity contribution in [3.05, 3.63) is 23.8 Å². The Morgan fingerprint density at radius 1 is 1.22 bits per heavy atom. The number of nitrogens with zero attached hydrogens (tertiary/aromatic N) is 1. The van der Waals surface area contributed by atoms with Crippen molar-refractivity contribution in [2.75, 3.05) is 32.8 Å². The van der Waals surface area contributed by atoms with Crippen LogP contribution >= 0.6 is 0 Å². The zero-order chi connectivity index (χ0) is 19.4. The number of fused-ring (bicyclic) bond motifs is 1. The molecule has 3 rings (SSSR count). The van der Waals surface area contributed by atoms with Gasteiger partial charge in [0.1, 0.15) is 18.8 Å². The van der Waals surface area contributed by atoms with E-state index < -0.39 is 11.7 Å². The van der Waals surface area contributed by atoms with Gasteiger partial charge in [-0.2, -0.15) is 0 Å². The highest BCUT2D eigenvalue weighted by Gasteiger charge is 2.26. The first-order chi connectivity index (χ1) is 12.8. The van der Waals surface area contributed by atoms with Crippen LogP contribution in [0.1, 0.15) is 44.0 Å². The van der Waals surface area contributed by atoms with Gasteiger partial charge in [-0.25, -0.2) is 4.79 Å². The summed E-state index contributed by atoms with van der Waals surface area (Å²) in [6.45, 7) is 8.35. The minimum atomic E-state index is -0.517. The highest BCUT2D eigenvalue weighted by atomic mass is 16.6. The molecule has 148 valence electrons. The number of benzene rings is 1. The second kappa shape index (κ2) is 8.06. The lowest BCUT2D eigenvalue weighted by Gasteiger charge is -2.33. The van der Waals surface area contributed by atoms with Crippen LogP contribution < -0.4 is 14.8 Å². The summed E-state index contributed by atoms with van der Waals surface area (Å²) in [5.41, 5.74) is 0.0802. The smallest absolute Gasteiger partial charge is 0.407 e. The van der Waals surface area contributed by atoms with Crippen LogP contribution in [0.5, 0.6) is 11.5 Å². The number of alkyl carbamates (subject to hydrolysis) is 1. The van der Waals surface area contributed by atoms with Crippen molar-refractivity contribution in [1.82, 2.24) is 10.2 Å². The molecule has 0 aromatic heterocycles. The van der Waals surface area contributed by atoms with Crippen LogP contribution in [0.15, 0.2) is 18.2 Å². The van der Waals surface area contributed by atoms with E-state index in [4.69, 9.17) is 14.2 Å². The number of hydrogen-bond donors (Lipinski definition) is 1. The molecule has 0 radical (unpaired) electrons. The molecule has 27 heavy (non-hydrogen) atoms. The second-order valence-corrected chi connectivity index (χ2v) is 8.00. The molecule has 1 fully saturated rings. The van der Waals surface area contributed by atoms with Crippen LogP contribution in [0, 0.1) is 5.92 Å². The minimum absolute atomic E-state index is 0.0195. The molecule has 0 saturated carbocycles. The fourth-order valence-corrected chi connectivity index (χ4v) is 3.32. The normalized spacial score (nSPS) is 19.4. The first-order valence-electron chi connectivity index (χ1n) is 9.47. The van der Waals surface area contributed by atoms with Gasteiger partial charge in [0, 0.05) is 25.2 Å². The Kier molecular flexibility index (Phi) is 5.77. The summed E-state index contributed by atoms with van der Waals surface area (Å²) in [7, 11) is 0. The Morgan fingerprint density at radius 3 is 2.70 bits per heavy atom. The molecule has 0 bridgehead atoms. The highest BCUT2D eigenvalue weighted by molar-refractivity contribution is 5.95. The van der Waals surface area contributed by atoms with Gasteiger partial charge in [-0.05, 0) is 57.7 Å². The molecular formula is C20H28N2O5. The Labute approximate surface area is 160 Å². The van der Waals surface area contributed by atoms with E-state index >= 15 is 0 Å². The lowest BCUT2D eigenvalue weighted by Crippen LogP contribution is -2.44. The van der Waals surface area contributed by atoms with E-state index in [0.29, 0.717) is 43.4 Å². The Bertz CT molecular complexity index is 698. The number of ether oxygens (including phenoxy) is 3. The standard InChI is InChI=1S/C20H28N2O5/c1-20(2,3)27-19(24)21-12-14-5-4-8-22(13-14)18(23)15-6-7-16-17(11-15)26-10-9-25-16/h6-7,11,14H,4-5,8-10,12-13H2,1-3H3,(H,21,24)/t14-/m0/s1. The molecule has 2 aliphatic heterocycles. The van der Waals surface area contributed by atoms with E-state index in [-0.39, 0.29) is 11.8 Å². The molecule has 2 heterocycles. The van der Waals surface area contributed by atoms with E-state index in [1.165, 1.54) is 0 Å². The molecule has 7 heteroatoms. The molecule has 0 aliphatic carbocycles. The van der Waals surface area contributed by atoms with Crippen LogP contribution in [-0.2, 0) is 4.74 Å².